The Hall–Kier alpha value is -2.65. The number of rotatable bonds is 4. The van der Waals surface area contributed by atoms with Crippen molar-refractivity contribution < 1.29 is 9.34 Å². The molecule has 0 aliphatic carbocycles. The zero-order valence-electron chi connectivity index (χ0n) is 14.2. The second kappa shape index (κ2) is 7.53. The first-order valence-corrected chi connectivity index (χ1v) is 10.0. The van der Waals surface area contributed by atoms with E-state index in [0.29, 0.717) is 17.3 Å². The van der Waals surface area contributed by atoms with Crippen LogP contribution < -0.4 is 0 Å². The van der Waals surface area contributed by atoms with Crippen LogP contribution in [0.25, 0.3) is 11.5 Å². The van der Waals surface area contributed by atoms with Gasteiger partial charge in [0.05, 0.1) is 15.9 Å². The van der Waals surface area contributed by atoms with Gasteiger partial charge in [-0.25, -0.2) is 4.99 Å². The third kappa shape index (κ3) is 3.88. The molecule has 0 radical (unpaired) electrons. The standard InChI is InChI=1S/C18H14N4O3S2/c1-11(27-18-19-15-5-3-2-4-13(15)10-26-18)16-20-21-17(25-16)12-6-8-14(9-7-12)22(23)24/h2-9,11H,10H2,1H3/t11-/m0/s1. The number of aliphatic imine (C=N–C) groups is 1. The molecular weight excluding hydrogens is 384 g/mol. The Morgan fingerprint density at radius 1 is 1.19 bits per heavy atom. The van der Waals surface area contributed by atoms with Crippen LogP contribution in [0.15, 0.2) is 57.9 Å². The Kier molecular flexibility index (Phi) is 4.95. The van der Waals surface area contributed by atoms with E-state index < -0.39 is 4.92 Å². The van der Waals surface area contributed by atoms with Crippen LogP contribution in [0.4, 0.5) is 11.4 Å². The number of nitrogens with zero attached hydrogens (tertiary/aromatic N) is 4. The van der Waals surface area contributed by atoms with E-state index in [-0.39, 0.29) is 10.9 Å². The number of nitro benzene ring substituents is 1. The molecule has 0 N–H and O–H groups in total. The van der Waals surface area contributed by atoms with Crippen molar-refractivity contribution in [2.45, 2.75) is 17.9 Å². The molecule has 0 bridgehead atoms. The SMILES string of the molecule is C[C@H](SC1=Nc2ccccc2CS1)c1nnc(-c2ccc([N+](=O)[O-])cc2)o1. The molecule has 1 aromatic heterocycles. The number of non-ortho nitro benzene ring substituents is 1. The van der Waals surface area contributed by atoms with Crippen LogP contribution in [0.2, 0.25) is 0 Å². The summed E-state index contributed by atoms with van der Waals surface area (Å²) >= 11 is 3.28. The maximum absolute atomic E-state index is 10.7. The number of nitro groups is 1. The largest absolute Gasteiger partial charge is 0.419 e. The van der Waals surface area contributed by atoms with Gasteiger partial charge >= 0.3 is 0 Å². The van der Waals surface area contributed by atoms with Crippen molar-refractivity contribution in [2.75, 3.05) is 0 Å². The lowest BCUT2D eigenvalue weighted by molar-refractivity contribution is -0.384. The highest BCUT2D eigenvalue weighted by atomic mass is 32.2. The molecule has 136 valence electrons. The fraction of sp³-hybridized carbons (Fsp3) is 0.167. The average Bonchev–Trinajstić information content (AvgIpc) is 3.18. The number of para-hydroxylation sites is 1. The molecule has 0 saturated heterocycles. The van der Waals surface area contributed by atoms with Crippen LogP contribution in [-0.2, 0) is 5.75 Å². The van der Waals surface area contributed by atoms with Gasteiger partial charge in [-0.15, -0.1) is 10.2 Å². The number of hydrogen-bond donors (Lipinski definition) is 0. The molecule has 2 aromatic carbocycles. The molecule has 1 atom stereocenters. The van der Waals surface area contributed by atoms with E-state index in [2.05, 4.69) is 16.3 Å². The highest BCUT2D eigenvalue weighted by Crippen LogP contribution is 2.40. The lowest BCUT2D eigenvalue weighted by Gasteiger charge is -2.15. The van der Waals surface area contributed by atoms with Gasteiger partial charge in [-0.2, -0.15) is 0 Å². The first-order chi connectivity index (χ1) is 13.1. The minimum Gasteiger partial charge on any atom is -0.419 e. The van der Waals surface area contributed by atoms with E-state index in [0.717, 1.165) is 15.8 Å². The molecule has 0 fully saturated rings. The fourth-order valence-corrected chi connectivity index (χ4v) is 4.73. The molecule has 0 saturated carbocycles. The summed E-state index contributed by atoms with van der Waals surface area (Å²) in [5, 5.41) is 18.9. The molecule has 4 rings (SSSR count). The minimum absolute atomic E-state index is 0.0232. The molecule has 27 heavy (non-hydrogen) atoms. The monoisotopic (exact) mass is 398 g/mol. The third-order valence-electron chi connectivity index (χ3n) is 3.95. The van der Waals surface area contributed by atoms with Crippen molar-refractivity contribution in [3.8, 4) is 11.5 Å². The highest BCUT2D eigenvalue weighted by Gasteiger charge is 2.21. The summed E-state index contributed by atoms with van der Waals surface area (Å²) in [5.41, 5.74) is 2.91. The van der Waals surface area contributed by atoms with E-state index in [9.17, 15) is 10.1 Å². The number of fused-ring (bicyclic) bond motifs is 1. The normalized spacial score (nSPS) is 14.3. The quantitative estimate of drug-likeness (QED) is 0.430. The Bertz CT molecular complexity index is 1020. The van der Waals surface area contributed by atoms with Crippen molar-refractivity contribution in [2.24, 2.45) is 4.99 Å². The van der Waals surface area contributed by atoms with E-state index >= 15 is 0 Å². The van der Waals surface area contributed by atoms with Crippen molar-refractivity contribution >= 4 is 39.3 Å². The second-order valence-electron chi connectivity index (χ2n) is 5.80. The van der Waals surface area contributed by atoms with Crippen LogP contribution in [0.3, 0.4) is 0 Å². The van der Waals surface area contributed by atoms with Crippen LogP contribution in [0.5, 0.6) is 0 Å². The summed E-state index contributed by atoms with van der Waals surface area (Å²) in [6.07, 6.45) is 0. The summed E-state index contributed by atoms with van der Waals surface area (Å²) in [4.78, 5) is 15.0. The first-order valence-electron chi connectivity index (χ1n) is 8.14. The first kappa shape index (κ1) is 17.7. The Morgan fingerprint density at radius 3 is 2.74 bits per heavy atom. The minimum atomic E-state index is -0.442. The van der Waals surface area contributed by atoms with Crippen LogP contribution >= 0.6 is 23.5 Å². The molecule has 0 amide bonds. The summed E-state index contributed by atoms with van der Waals surface area (Å²) in [6, 6.07) is 14.2. The van der Waals surface area contributed by atoms with Crippen molar-refractivity contribution in [1.82, 2.24) is 10.2 Å². The van der Waals surface area contributed by atoms with Crippen LogP contribution in [0, 0.1) is 10.1 Å². The topological polar surface area (TPSA) is 94.4 Å². The van der Waals surface area contributed by atoms with Crippen molar-refractivity contribution in [3.63, 3.8) is 0 Å². The van der Waals surface area contributed by atoms with Gasteiger partial charge in [0, 0.05) is 23.4 Å². The lowest BCUT2D eigenvalue weighted by atomic mass is 10.2. The zero-order chi connectivity index (χ0) is 18.8. The smallest absolute Gasteiger partial charge is 0.269 e. The van der Waals surface area contributed by atoms with Crippen molar-refractivity contribution in [3.05, 3.63) is 70.1 Å². The number of hydrogen-bond acceptors (Lipinski definition) is 8. The maximum atomic E-state index is 10.7. The molecule has 1 aliphatic heterocycles. The third-order valence-corrected chi connectivity index (χ3v) is 6.23. The van der Waals surface area contributed by atoms with Gasteiger partial charge in [-0.05, 0) is 30.7 Å². The summed E-state index contributed by atoms with van der Waals surface area (Å²) in [6.45, 7) is 1.99. The average molecular weight is 398 g/mol. The summed E-state index contributed by atoms with van der Waals surface area (Å²) in [5.74, 6) is 1.73. The van der Waals surface area contributed by atoms with Gasteiger partial charge < -0.3 is 4.42 Å². The van der Waals surface area contributed by atoms with Gasteiger partial charge in [-0.3, -0.25) is 10.1 Å². The van der Waals surface area contributed by atoms with E-state index in [1.807, 2.05) is 25.1 Å². The van der Waals surface area contributed by atoms with Crippen molar-refractivity contribution in [1.29, 1.82) is 0 Å². The molecule has 9 heteroatoms. The molecular formula is C18H14N4O3S2. The van der Waals surface area contributed by atoms with Crippen LogP contribution in [0.1, 0.15) is 23.6 Å². The highest BCUT2D eigenvalue weighted by molar-refractivity contribution is 8.38. The molecule has 0 unspecified atom stereocenters. The zero-order valence-corrected chi connectivity index (χ0v) is 15.9. The second-order valence-corrected chi connectivity index (χ2v) is 8.36. The van der Waals surface area contributed by atoms with Gasteiger partial charge in [-0.1, -0.05) is 41.7 Å². The van der Waals surface area contributed by atoms with E-state index in [1.54, 1.807) is 35.7 Å². The van der Waals surface area contributed by atoms with E-state index in [1.165, 1.54) is 17.7 Å². The van der Waals surface area contributed by atoms with Gasteiger partial charge in [0.15, 0.2) is 0 Å². The molecule has 3 aromatic rings. The summed E-state index contributed by atoms with van der Waals surface area (Å²) < 4.78 is 6.73. The maximum Gasteiger partial charge on any atom is 0.269 e. The number of aromatic nitrogens is 2. The van der Waals surface area contributed by atoms with Crippen LogP contribution in [-0.4, -0.2) is 19.5 Å². The fourth-order valence-electron chi connectivity index (χ4n) is 2.52. The number of thioether (sulfide) groups is 2. The Labute approximate surface area is 163 Å². The molecule has 7 nitrogen and oxygen atoms in total. The van der Waals surface area contributed by atoms with Gasteiger partial charge in [0.2, 0.25) is 11.8 Å². The molecule has 2 heterocycles. The van der Waals surface area contributed by atoms with Gasteiger partial charge in [0.25, 0.3) is 5.69 Å². The predicted octanol–water partition coefficient (Wildman–Crippen LogP) is 5.37. The summed E-state index contributed by atoms with van der Waals surface area (Å²) in [7, 11) is 0. The Balaban J connectivity index is 1.48. The number of benzene rings is 2. The molecule has 0 spiro atoms. The predicted molar refractivity (Wildman–Crippen MR) is 107 cm³/mol. The van der Waals surface area contributed by atoms with Gasteiger partial charge in [0.1, 0.15) is 4.38 Å². The Morgan fingerprint density at radius 2 is 1.96 bits per heavy atom. The van der Waals surface area contributed by atoms with E-state index in [4.69, 9.17) is 9.41 Å². The lowest BCUT2D eigenvalue weighted by Crippen LogP contribution is -1.99. The molecule has 1 aliphatic rings.